The van der Waals surface area contributed by atoms with Crippen LogP contribution in [0.5, 0.6) is 0 Å². The summed E-state index contributed by atoms with van der Waals surface area (Å²) in [4.78, 5) is 0. The molecule has 86 valence electrons. The molecule has 0 fully saturated rings. The highest BCUT2D eigenvalue weighted by Crippen LogP contribution is 2.30. The first kappa shape index (κ1) is 14.0. The van der Waals surface area contributed by atoms with Crippen molar-refractivity contribution in [2.24, 2.45) is 11.3 Å². The SMILES string of the molecule is C[C@H](C[C@@H](C)C(C)(C)C)OC(C)(C)C. The molecule has 0 unspecified atom stereocenters. The Bertz CT molecular complexity index is 159. The molecule has 0 N–H and O–H groups in total. The highest BCUT2D eigenvalue weighted by molar-refractivity contribution is 4.73. The van der Waals surface area contributed by atoms with Crippen molar-refractivity contribution in [1.29, 1.82) is 0 Å². The Morgan fingerprint density at radius 3 is 1.64 bits per heavy atom. The summed E-state index contributed by atoms with van der Waals surface area (Å²) < 4.78 is 5.90. The second kappa shape index (κ2) is 4.65. The first-order valence-corrected chi connectivity index (χ1v) is 5.70. The maximum Gasteiger partial charge on any atom is 0.0602 e. The molecule has 0 aromatic carbocycles. The molecule has 0 amide bonds. The maximum absolute atomic E-state index is 5.90. The molecule has 0 spiro atoms. The standard InChI is InChI=1S/C13H28O/c1-10(12(3,4)5)9-11(2)14-13(6,7)8/h10-11H,9H2,1-8H3/t10-,11-/m1/s1. The Morgan fingerprint density at radius 2 is 1.36 bits per heavy atom. The van der Waals surface area contributed by atoms with Crippen molar-refractivity contribution in [3.63, 3.8) is 0 Å². The van der Waals surface area contributed by atoms with Gasteiger partial charge in [0.2, 0.25) is 0 Å². The molecule has 0 rings (SSSR count). The summed E-state index contributed by atoms with van der Waals surface area (Å²) in [6.45, 7) is 17.7. The van der Waals surface area contributed by atoms with Crippen LogP contribution >= 0.6 is 0 Å². The van der Waals surface area contributed by atoms with E-state index in [9.17, 15) is 0 Å². The molecule has 0 aliphatic rings. The normalized spacial score (nSPS) is 18.0. The van der Waals surface area contributed by atoms with E-state index in [1.807, 2.05) is 0 Å². The van der Waals surface area contributed by atoms with Gasteiger partial charge in [-0.2, -0.15) is 0 Å². The van der Waals surface area contributed by atoms with Crippen LogP contribution in [0.1, 0.15) is 61.8 Å². The predicted molar refractivity (Wildman–Crippen MR) is 63.5 cm³/mol. The molecular formula is C13H28O. The average molecular weight is 200 g/mol. The molecular weight excluding hydrogens is 172 g/mol. The third-order valence-electron chi connectivity index (χ3n) is 2.72. The Kier molecular flexibility index (Phi) is 4.64. The van der Waals surface area contributed by atoms with Gasteiger partial charge in [-0.1, -0.05) is 27.7 Å². The van der Waals surface area contributed by atoms with Crippen molar-refractivity contribution in [3.8, 4) is 0 Å². The highest BCUT2D eigenvalue weighted by Gasteiger charge is 2.24. The number of ether oxygens (including phenoxy) is 1. The van der Waals surface area contributed by atoms with Gasteiger partial charge in [0.05, 0.1) is 11.7 Å². The second-order valence-corrected chi connectivity index (χ2v) is 6.54. The summed E-state index contributed by atoms with van der Waals surface area (Å²) in [5.41, 5.74) is 0.368. The Labute approximate surface area is 90.2 Å². The third kappa shape index (κ3) is 6.42. The summed E-state index contributed by atoms with van der Waals surface area (Å²) in [5, 5.41) is 0. The first-order chi connectivity index (χ1) is 6.02. The maximum atomic E-state index is 5.90. The van der Waals surface area contributed by atoms with Crippen molar-refractivity contribution in [3.05, 3.63) is 0 Å². The van der Waals surface area contributed by atoms with E-state index in [0.717, 1.165) is 6.42 Å². The van der Waals surface area contributed by atoms with Crippen molar-refractivity contribution in [2.75, 3.05) is 0 Å². The van der Waals surface area contributed by atoms with Crippen LogP contribution in [0.15, 0.2) is 0 Å². The van der Waals surface area contributed by atoms with Gasteiger partial charge in [-0.3, -0.25) is 0 Å². The minimum absolute atomic E-state index is 0.0168. The van der Waals surface area contributed by atoms with Crippen molar-refractivity contribution in [1.82, 2.24) is 0 Å². The van der Waals surface area contributed by atoms with Crippen LogP contribution in [0.3, 0.4) is 0 Å². The lowest BCUT2D eigenvalue weighted by molar-refractivity contribution is -0.0645. The van der Waals surface area contributed by atoms with E-state index < -0.39 is 0 Å². The Hall–Kier alpha value is -0.0400. The molecule has 0 saturated heterocycles. The fourth-order valence-corrected chi connectivity index (χ4v) is 1.50. The summed E-state index contributed by atoms with van der Waals surface area (Å²) in [6, 6.07) is 0. The highest BCUT2D eigenvalue weighted by atomic mass is 16.5. The van der Waals surface area contributed by atoms with E-state index >= 15 is 0 Å². The van der Waals surface area contributed by atoms with Gasteiger partial charge in [0, 0.05) is 0 Å². The summed E-state index contributed by atoms with van der Waals surface area (Å²) in [6.07, 6.45) is 1.49. The molecule has 0 aliphatic carbocycles. The number of rotatable bonds is 3. The topological polar surface area (TPSA) is 9.23 Å². The number of hydrogen-bond donors (Lipinski definition) is 0. The van der Waals surface area contributed by atoms with Crippen LogP contribution in [-0.2, 0) is 4.74 Å². The van der Waals surface area contributed by atoms with Crippen LogP contribution < -0.4 is 0 Å². The Balaban J connectivity index is 4.01. The smallest absolute Gasteiger partial charge is 0.0602 e. The van der Waals surface area contributed by atoms with E-state index in [2.05, 4.69) is 55.4 Å². The van der Waals surface area contributed by atoms with Gasteiger partial charge >= 0.3 is 0 Å². The van der Waals surface area contributed by atoms with Crippen LogP contribution in [0.2, 0.25) is 0 Å². The lowest BCUT2D eigenvalue weighted by atomic mass is 9.79. The van der Waals surface area contributed by atoms with Crippen LogP contribution in [0.4, 0.5) is 0 Å². The largest absolute Gasteiger partial charge is 0.373 e. The molecule has 0 radical (unpaired) electrons. The third-order valence-corrected chi connectivity index (χ3v) is 2.72. The molecule has 0 heterocycles. The minimum atomic E-state index is -0.0168. The molecule has 14 heavy (non-hydrogen) atoms. The molecule has 0 saturated carbocycles. The van der Waals surface area contributed by atoms with E-state index in [1.54, 1.807) is 0 Å². The number of hydrogen-bond acceptors (Lipinski definition) is 1. The van der Waals surface area contributed by atoms with Gasteiger partial charge in [0.1, 0.15) is 0 Å². The van der Waals surface area contributed by atoms with Gasteiger partial charge in [0.25, 0.3) is 0 Å². The second-order valence-electron chi connectivity index (χ2n) is 6.54. The first-order valence-electron chi connectivity index (χ1n) is 5.70. The molecule has 1 nitrogen and oxygen atoms in total. The van der Waals surface area contributed by atoms with Gasteiger partial charge in [0.15, 0.2) is 0 Å². The van der Waals surface area contributed by atoms with E-state index in [4.69, 9.17) is 4.74 Å². The summed E-state index contributed by atoms with van der Waals surface area (Å²) in [7, 11) is 0. The molecule has 0 aliphatic heterocycles. The van der Waals surface area contributed by atoms with Crippen molar-refractivity contribution in [2.45, 2.75) is 73.5 Å². The zero-order valence-corrected chi connectivity index (χ0v) is 11.3. The molecule has 0 aromatic heterocycles. The summed E-state index contributed by atoms with van der Waals surface area (Å²) in [5.74, 6) is 0.694. The zero-order chi connectivity index (χ0) is 11.6. The van der Waals surface area contributed by atoms with Crippen LogP contribution in [-0.4, -0.2) is 11.7 Å². The van der Waals surface area contributed by atoms with Gasteiger partial charge in [-0.15, -0.1) is 0 Å². The van der Waals surface area contributed by atoms with Crippen LogP contribution in [0, 0.1) is 11.3 Å². The quantitative estimate of drug-likeness (QED) is 0.661. The van der Waals surface area contributed by atoms with E-state index in [1.165, 1.54) is 0 Å². The molecule has 2 atom stereocenters. The van der Waals surface area contributed by atoms with Gasteiger partial charge < -0.3 is 4.74 Å². The fraction of sp³-hybridized carbons (Fsp3) is 1.00. The average Bonchev–Trinajstić information content (AvgIpc) is 1.79. The van der Waals surface area contributed by atoms with Crippen molar-refractivity contribution >= 4 is 0 Å². The molecule has 0 bridgehead atoms. The molecule has 0 aromatic rings. The Morgan fingerprint density at radius 1 is 0.929 bits per heavy atom. The zero-order valence-electron chi connectivity index (χ0n) is 11.3. The van der Waals surface area contributed by atoms with Crippen molar-refractivity contribution < 1.29 is 4.74 Å². The summed E-state index contributed by atoms with van der Waals surface area (Å²) >= 11 is 0. The van der Waals surface area contributed by atoms with E-state index in [0.29, 0.717) is 17.4 Å². The predicted octanol–water partition coefficient (Wildman–Crippen LogP) is 4.26. The van der Waals surface area contributed by atoms with Gasteiger partial charge in [-0.25, -0.2) is 0 Å². The lowest BCUT2D eigenvalue weighted by Gasteiger charge is -2.32. The van der Waals surface area contributed by atoms with Crippen LogP contribution in [0.25, 0.3) is 0 Å². The lowest BCUT2D eigenvalue weighted by Crippen LogP contribution is -2.29. The molecule has 1 heteroatoms. The minimum Gasteiger partial charge on any atom is -0.373 e. The monoisotopic (exact) mass is 200 g/mol. The van der Waals surface area contributed by atoms with E-state index in [-0.39, 0.29) is 5.60 Å². The van der Waals surface area contributed by atoms with Gasteiger partial charge in [-0.05, 0) is 45.4 Å². The fourth-order valence-electron chi connectivity index (χ4n) is 1.50.